The van der Waals surface area contributed by atoms with Crippen LogP contribution in [0.2, 0.25) is 0 Å². The molecule has 0 radical (unpaired) electrons. The standard InChI is InChI=1S/C28H28N4O/c1-22-26(28(33)31-19-17-30(18-20-31)21-23-11-5-2-6-12-23)27(24-13-7-3-8-14-24)29-32(22)25-15-9-4-10-16-25/h2-16H,17-21H2,1H3/p+1. The number of quaternary nitrogens is 1. The molecule has 5 heteroatoms. The predicted molar refractivity (Wildman–Crippen MR) is 130 cm³/mol. The van der Waals surface area contributed by atoms with E-state index in [9.17, 15) is 4.79 Å². The number of carbonyl (C=O) groups excluding carboxylic acids is 1. The van der Waals surface area contributed by atoms with Crippen LogP contribution in [0.5, 0.6) is 0 Å². The highest BCUT2D eigenvalue weighted by Crippen LogP contribution is 2.28. The number of hydrogen-bond donors (Lipinski definition) is 1. The lowest BCUT2D eigenvalue weighted by molar-refractivity contribution is -0.917. The second kappa shape index (κ2) is 9.43. The molecule has 0 atom stereocenters. The molecule has 1 N–H and O–H groups in total. The van der Waals surface area contributed by atoms with Gasteiger partial charge in [0.2, 0.25) is 0 Å². The molecule has 1 aliphatic rings. The average Bonchev–Trinajstić information content (AvgIpc) is 3.23. The summed E-state index contributed by atoms with van der Waals surface area (Å²) in [5.74, 6) is 0.0762. The highest BCUT2D eigenvalue weighted by Gasteiger charge is 2.30. The first kappa shape index (κ1) is 21.2. The van der Waals surface area contributed by atoms with Gasteiger partial charge in [-0.15, -0.1) is 0 Å². The van der Waals surface area contributed by atoms with Crippen LogP contribution < -0.4 is 4.90 Å². The summed E-state index contributed by atoms with van der Waals surface area (Å²) < 4.78 is 1.90. The van der Waals surface area contributed by atoms with Gasteiger partial charge in [-0.05, 0) is 19.1 Å². The van der Waals surface area contributed by atoms with Crippen LogP contribution in [0.25, 0.3) is 16.9 Å². The lowest BCUT2D eigenvalue weighted by Crippen LogP contribution is -3.13. The van der Waals surface area contributed by atoms with Crippen molar-refractivity contribution in [2.45, 2.75) is 13.5 Å². The Labute approximate surface area is 194 Å². The summed E-state index contributed by atoms with van der Waals surface area (Å²) in [5.41, 5.74) is 5.61. The molecule has 2 heterocycles. The summed E-state index contributed by atoms with van der Waals surface area (Å²) in [6.45, 7) is 6.41. The minimum Gasteiger partial charge on any atom is -0.328 e. The molecule has 1 fully saturated rings. The molecule has 0 aliphatic carbocycles. The van der Waals surface area contributed by atoms with Gasteiger partial charge < -0.3 is 9.80 Å². The Kier molecular flexibility index (Phi) is 6.05. The molecule has 33 heavy (non-hydrogen) atoms. The summed E-state index contributed by atoms with van der Waals surface area (Å²) in [5, 5.41) is 4.90. The summed E-state index contributed by atoms with van der Waals surface area (Å²) in [6.07, 6.45) is 0. The predicted octanol–water partition coefficient (Wildman–Crippen LogP) is 3.39. The van der Waals surface area contributed by atoms with Gasteiger partial charge in [-0.2, -0.15) is 5.10 Å². The van der Waals surface area contributed by atoms with Crippen LogP contribution >= 0.6 is 0 Å². The first-order chi connectivity index (χ1) is 16.2. The van der Waals surface area contributed by atoms with Crippen LogP contribution in [0.1, 0.15) is 21.6 Å². The van der Waals surface area contributed by atoms with E-state index in [4.69, 9.17) is 5.10 Å². The number of amides is 1. The zero-order chi connectivity index (χ0) is 22.6. The molecule has 0 bridgehead atoms. The molecule has 0 spiro atoms. The van der Waals surface area contributed by atoms with Gasteiger partial charge in [0, 0.05) is 11.1 Å². The Hall–Kier alpha value is -3.70. The maximum atomic E-state index is 13.8. The number of carbonyl (C=O) groups is 1. The summed E-state index contributed by atoms with van der Waals surface area (Å²) in [7, 11) is 0. The summed E-state index contributed by atoms with van der Waals surface area (Å²) in [4.78, 5) is 17.3. The van der Waals surface area contributed by atoms with Gasteiger partial charge in [0.25, 0.3) is 5.91 Å². The van der Waals surface area contributed by atoms with Crippen molar-refractivity contribution in [1.29, 1.82) is 0 Å². The van der Waals surface area contributed by atoms with Gasteiger partial charge >= 0.3 is 0 Å². The van der Waals surface area contributed by atoms with Crippen LogP contribution in [0.15, 0.2) is 91.0 Å². The van der Waals surface area contributed by atoms with E-state index in [-0.39, 0.29) is 5.91 Å². The Morgan fingerprint density at radius 1 is 0.848 bits per heavy atom. The topological polar surface area (TPSA) is 42.6 Å². The number of hydrogen-bond acceptors (Lipinski definition) is 2. The number of rotatable bonds is 5. The minimum atomic E-state index is 0.0762. The van der Waals surface area contributed by atoms with Crippen molar-refractivity contribution in [3.63, 3.8) is 0 Å². The van der Waals surface area contributed by atoms with Crippen LogP contribution in [0, 0.1) is 6.92 Å². The van der Waals surface area contributed by atoms with Crippen LogP contribution in [-0.4, -0.2) is 46.8 Å². The van der Waals surface area contributed by atoms with Crippen LogP contribution in [0.4, 0.5) is 0 Å². The fourth-order valence-corrected chi connectivity index (χ4v) is 4.62. The lowest BCUT2D eigenvalue weighted by Gasteiger charge is -2.32. The molecule has 1 saturated heterocycles. The van der Waals surface area contributed by atoms with Crippen LogP contribution in [-0.2, 0) is 6.54 Å². The van der Waals surface area contributed by atoms with Crippen molar-refractivity contribution in [3.05, 3.63) is 108 Å². The van der Waals surface area contributed by atoms with Crippen LogP contribution in [0.3, 0.4) is 0 Å². The Bertz CT molecular complexity index is 1210. The molecular formula is C28H29N4O+. The van der Waals surface area contributed by atoms with Crippen molar-refractivity contribution < 1.29 is 9.69 Å². The summed E-state index contributed by atoms with van der Waals surface area (Å²) in [6, 6.07) is 30.6. The Morgan fingerprint density at radius 2 is 1.42 bits per heavy atom. The van der Waals surface area contributed by atoms with Crippen molar-refractivity contribution in [2.75, 3.05) is 26.2 Å². The van der Waals surface area contributed by atoms with Crippen molar-refractivity contribution >= 4 is 5.91 Å². The summed E-state index contributed by atoms with van der Waals surface area (Å²) >= 11 is 0. The number of nitrogens with one attached hydrogen (secondary N) is 1. The van der Waals surface area contributed by atoms with Gasteiger partial charge in [-0.3, -0.25) is 4.79 Å². The van der Waals surface area contributed by atoms with Crippen molar-refractivity contribution in [3.8, 4) is 16.9 Å². The quantitative estimate of drug-likeness (QED) is 0.520. The molecule has 1 aromatic heterocycles. The maximum absolute atomic E-state index is 13.8. The molecule has 1 aliphatic heterocycles. The molecular weight excluding hydrogens is 408 g/mol. The average molecular weight is 438 g/mol. The Balaban J connectivity index is 1.41. The van der Waals surface area contributed by atoms with Gasteiger partial charge in [0.1, 0.15) is 12.2 Å². The van der Waals surface area contributed by atoms with Gasteiger partial charge in [0.05, 0.1) is 43.1 Å². The maximum Gasteiger partial charge on any atom is 0.258 e. The fourth-order valence-electron chi connectivity index (χ4n) is 4.62. The molecule has 0 saturated carbocycles. The Morgan fingerprint density at radius 3 is 2.06 bits per heavy atom. The number of piperazine rings is 1. The highest BCUT2D eigenvalue weighted by molar-refractivity contribution is 6.01. The second-order valence-corrected chi connectivity index (χ2v) is 8.63. The minimum absolute atomic E-state index is 0.0762. The van der Waals surface area contributed by atoms with E-state index >= 15 is 0 Å². The van der Waals surface area contributed by atoms with E-state index < -0.39 is 0 Å². The SMILES string of the molecule is Cc1c(C(=O)N2CC[NH+](Cc3ccccc3)CC2)c(-c2ccccc2)nn1-c1ccccc1. The molecule has 5 rings (SSSR count). The third-order valence-corrected chi connectivity index (χ3v) is 6.43. The van der Waals surface area contributed by atoms with E-state index in [1.54, 1.807) is 0 Å². The normalized spacial score (nSPS) is 14.4. The monoisotopic (exact) mass is 437 g/mol. The molecule has 4 aromatic rings. The molecule has 0 unspecified atom stereocenters. The van der Waals surface area contributed by atoms with Gasteiger partial charge in [0.15, 0.2) is 0 Å². The number of benzene rings is 3. The number of aromatic nitrogens is 2. The molecule has 166 valence electrons. The third-order valence-electron chi connectivity index (χ3n) is 6.43. The zero-order valence-electron chi connectivity index (χ0n) is 18.9. The largest absolute Gasteiger partial charge is 0.328 e. The van der Waals surface area contributed by atoms with E-state index in [1.165, 1.54) is 10.5 Å². The second-order valence-electron chi connectivity index (χ2n) is 8.63. The highest BCUT2D eigenvalue weighted by atomic mass is 16.2. The smallest absolute Gasteiger partial charge is 0.258 e. The third kappa shape index (κ3) is 4.45. The van der Waals surface area contributed by atoms with E-state index in [0.29, 0.717) is 5.56 Å². The lowest BCUT2D eigenvalue weighted by atomic mass is 10.0. The van der Waals surface area contributed by atoms with E-state index in [2.05, 4.69) is 30.3 Å². The molecule has 3 aromatic carbocycles. The van der Waals surface area contributed by atoms with Gasteiger partial charge in [-0.25, -0.2) is 4.68 Å². The van der Waals surface area contributed by atoms with E-state index in [1.807, 2.05) is 77.2 Å². The van der Waals surface area contributed by atoms with Crippen molar-refractivity contribution in [1.82, 2.24) is 14.7 Å². The van der Waals surface area contributed by atoms with Crippen molar-refractivity contribution in [2.24, 2.45) is 0 Å². The van der Waals surface area contributed by atoms with E-state index in [0.717, 1.165) is 55.4 Å². The number of nitrogens with zero attached hydrogens (tertiary/aromatic N) is 3. The fraction of sp³-hybridized carbons (Fsp3) is 0.214. The first-order valence-electron chi connectivity index (χ1n) is 11.6. The zero-order valence-corrected chi connectivity index (χ0v) is 18.9. The molecule has 1 amide bonds. The number of para-hydroxylation sites is 1. The first-order valence-corrected chi connectivity index (χ1v) is 11.6. The molecule has 5 nitrogen and oxygen atoms in total. The van der Waals surface area contributed by atoms with Gasteiger partial charge in [-0.1, -0.05) is 78.9 Å².